The number of thiocarbonyl (C=S) groups is 1. The van der Waals surface area contributed by atoms with E-state index in [-0.39, 0.29) is 12.7 Å². The average Bonchev–Trinajstić information content (AvgIpc) is 2.98. The molecule has 0 aromatic rings. The van der Waals surface area contributed by atoms with Gasteiger partial charge in [-0.1, -0.05) is 77.6 Å². The van der Waals surface area contributed by atoms with E-state index < -0.39 is 5.79 Å². The molecular weight excluding hydrogens is 360 g/mol. The van der Waals surface area contributed by atoms with Crippen LogP contribution in [0, 0.1) is 0 Å². The number of unbranched alkanes of at least 4 members (excludes halogenated alkanes) is 11. The maximum atomic E-state index is 8.59. The van der Waals surface area contributed by atoms with Crippen LogP contribution in [0.3, 0.4) is 0 Å². The molecular formula is C22H44O4S. The Morgan fingerprint density at radius 1 is 0.963 bits per heavy atom. The normalized spacial score (nSPS) is 18.0. The minimum Gasteiger partial charge on any atom is -0.487 e. The molecule has 0 spiro atoms. The van der Waals surface area contributed by atoms with Gasteiger partial charge in [0.15, 0.2) is 10.8 Å². The zero-order valence-corrected chi connectivity index (χ0v) is 19.1. The first-order valence-electron chi connectivity index (χ1n) is 11.0. The first kappa shape index (κ1) is 26.8. The van der Waals surface area contributed by atoms with E-state index in [9.17, 15) is 0 Å². The molecule has 1 N–H and O–H groups in total. The summed E-state index contributed by atoms with van der Waals surface area (Å²) in [6, 6.07) is 0. The van der Waals surface area contributed by atoms with E-state index in [1.807, 2.05) is 20.8 Å². The predicted octanol–water partition coefficient (Wildman–Crippen LogP) is 6.18. The van der Waals surface area contributed by atoms with E-state index in [1.54, 1.807) is 0 Å². The molecule has 4 nitrogen and oxygen atoms in total. The topological polar surface area (TPSA) is 47.9 Å². The molecule has 0 aromatic heterocycles. The van der Waals surface area contributed by atoms with Crippen LogP contribution in [0.2, 0.25) is 0 Å². The molecule has 0 aliphatic carbocycles. The van der Waals surface area contributed by atoms with Gasteiger partial charge < -0.3 is 19.3 Å². The van der Waals surface area contributed by atoms with Gasteiger partial charge in [0.2, 0.25) is 0 Å². The van der Waals surface area contributed by atoms with Gasteiger partial charge in [0.05, 0.1) is 19.8 Å². The highest BCUT2D eigenvalue weighted by atomic mass is 32.1. The second-order valence-electron chi connectivity index (χ2n) is 7.86. The largest absolute Gasteiger partial charge is 0.487 e. The summed E-state index contributed by atoms with van der Waals surface area (Å²) in [5.74, 6) is -0.493. The van der Waals surface area contributed by atoms with E-state index in [1.165, 1.54) is 70.6 Å². The van der Waals surface area contributed by atoms with Gasteiger partial charge >= 0.3 is 0 Å². The van der Waals surface area contributed by atoms with E-state index >= 15 is 0 Å². The monoisotopic (exact) mass is 404 g/mol. The van der Waals surface area contributed by atoms with Crippen molar-refractivity contribution in [3.05, 3.63) is 0 Å². The van der Waals surface area contributed by atoms with Crippen molar-refractivity contribution in [2.45, 2.75) is 117 Å². The van der Waals surface area contributed by atoms with Gasteiger partial charge in [-0.05, 0) is 32.5 Å². The van der Waals surface area contributed by atoms with Crippen molar-refractivity contribution in [1.82, 2.24) is 0 Å². The molecule has 162 valence electrons. The molecule has 0 radical (unpaired) electrons. The van der Waals surface area contributed by atoms with Crippen LogP contribution in [0.25, 0.3) is 0 Å². The van der Waals surface area contributed by atoms with Crippen molar-refractivity contribution in [3.8, 4) is 0 Å². The van der Waals surface area contributed by atoms with Crippen LogP contribution in [0.5, 0.6) is 0 Å². The molecule has 1 unspecified atom stereocenters. The Labute approximate surface area is 173 Å². The lowest BCUT2D eigenvalue weighted by molar-refractivity contribution is -0.142. The van der Waals surface area contributed by atoms with Gasteiger partial charge in [-0.25, -0.2) is 0 Å². The quantitative estimate of drug-likeness (QED) is 0.277. The number of hydrogen-bond acceptors (Lipinski definition) is 5. The van der Waals surface area contributed by atoms with Crippen LogP contribution >= 0.6 is 12.2 Å². The van der Waals surface area contributed by atoms with E-state index in [2.05, 4.69) is 6.92 Å². The fourth-order valence-electron chi connectivity index (χ4n) is 3.01. The van der Waals surface area contributed by atoms with Gasteiger partial charge in [0.1, 0.15) is 6.10 Å². The fraction of sp³-hybridized carbons (Fsp3) is 0.955. The van der Waals surface area contributed by atoms with Gasteiger partial charge in [-0.2, -0.15) is 0 Å². The van der Waals surface area contributed by atoms with Crippen LogP contribution in [0.15, 0.2) is 0 Å². The van der Waals surface area contributed by atoms with Crippen LogP contribution in [-0.2, 0) is 14.2 Å². The van der Waals surface area contributed by atoms with Crippen molar-refractivity contribution in [3.63, 3.8) is 0 Å². The Hall–Kier alpha value is -0.230. The Morgan fingerprint density at radius 2 is 1.44 bits per heavy atom. The van der Waals surface area contributed by atoms with Crippen molar-refractivity contribution < 1.29 is 19.3 Å². The van der Waals surface area contributed by atoms with Crippen LogP contribution in [0.4, 0.5) is 0 Å². The molecule has 5 heteroatoms. The van der Waals surface area contributed by atoms with Crippen molar-refractivity contribution >= 4 is 17.3 Å². The predicted molar refractivity (Wildman–Crippen MR) is 117 cm³/mol. The number of aliphatic hydroxyl groups excluding tert-OH is 1. The maximum Gasteiger partial charge on any atom is 0.163 e. The van der Waals surface area contributed by atoms with Crippen molar-refractivity contribution in [2.24, 2.45) is 0 Å². The Morgan fingerprint density at radius 3 is 1.78 bits per heavy atom. The summed E-state index contributed by atoms with van der Waals surface area (Å²) >= 11 is 4.86. The molecule has 1 aliphatic heterocycles. The molecule has 1 aliphatic rings. The average molecular weight is 405 g/mol. The standard InChI is InChI=1S/C16H32OS.C6H12O3/c1-3-4-5-6-7-8-9-10-11-12-13-14-15-17-16(2)18;1-6(2)8-4-5(3-7)9-6/h3-15H2,1-2H3;5,7H,3-4H2,1-2H3. The van der Waals surface area contributed by atoms with E-state index in [4.69, 9.17) is 31.5 Å². The Bertz CT molecular complexity index is 347. The summed E-state index contributed by atoms with van der Waals surface area (Å²) in [5.41, 5.74) is 0. The summed E-state index contributed by atoms with van der Waals surface area (Å²) in [6.07, 6.45) is 16.5. The van der Waals surface area contributed by atoms with Gasteiger partial charge in [0.25, 0.3) is 0 Å². The fourth-order valence-corrected chi connectivity index (χ4v) is 3.10. The second-order valence-corrected chi connectivity index (χ2v) is 8.44. The molecule has 1 fully saturated rings. The molecule has 1 saturated heterocycles. The van der Waals surface area contributed by atoms with Gasteiger partial charge in [-0.15, -0.1) is 0 Å². The van der Waals surface area contributed by atoms with Crippen LogP contribution in [-0.4, -0.2) is 41.9 Å². The first-order valence-corrected chi connectivity index (χ1v) is 11.4. The zero-order chi connectivity index (χ0) is 20.4. The molecule has 1 rings (SSSR count). The van der Waals surface area contributed by atoms with E-state index in [0.717, 1.165) is 13.0 Å². The first-order chi connectivity index (χ1) is 12.9. The van der Waals surface area contributed by atoms with E-state index in [0.29, 0.717) is 11.7 Å². The third-order valence-corrected chi connectivity index (χ3v) is 4.69. The van der Waals surface area contributed by atoms with Crippen molar-refractivity contribution in [1.29, 1.82) is 0 Å². The van der Waals surface area contributed by atoms with Gasteiger partial charge in [-0.3, -0.25) is 0 Å². The second kappa shape index (κ2) is 17.8. The molecule has 0 bridgehead atoms. The number of rotatable bonds is 14. The SMILES string of the molecule is CC1(C)OCC(CO)O1.CCCCCCCCCCCCCCOC(C)=S. The van der Waals surface area contributed by atoms with Crippen LogP contribution < -0.4 is 0 Å². The molecule has 1 heterocycles. The zero-order valence-electron chi connectivity index (χ0n) is 18.3. The van der Waals surface area contributed by atoms with Gasteiger partial charge in [0, 0.05) is 6.92 Å². The highest BCUT2D eigenvalue weighted by Crippen LogP contribution is 2.21. The molecule has 0 saturated carbocycles. The third-order valence-electron chi connectivity index (χ3n) is 4.57. The Balaban J connectivity index is 0.000000621. The summed E-state index contributed by atoms with van der Waals surface area (Å²) < 4.78 is 15.7. The summed E-state index contributed by atoms with van der Waals surface area (Å²) in [6.45, 7) is 9.15. The molecule has 27 heavy (non-hydrogen) atoms. The highest BCUT2D eigenvalue weighted by Gasteiger charge is 2.31. The van der Waals surface area contributed by atoms with Crippen molar-refractivity contribution in [2.75, 3.05) is 19.8 Å². The number of hydrogen-bond donors (Lipinski definition) is 1. The number of ether oxygens (including phenoxy) is 3. The minimum absolute atomic E-state index is 0.0451. The lowest BCUT2D eigenvalue weighted by Gasteiger charge is -2.15. The maximum absolute atomic E-state index is 8.59. The summed E-state index contributed by atoms with van der Waals surface area (Å²) in [7, 11) is 0. The third kappa shape index (κ3) is 18.9. The summed E-state index contributed by atoms with van der Waals surface area (Å²) in [5, 5.41) is 9.27. The minimum atomic E-state index is -0.493. The van der Waals surface area contributed by atoms with Crippen LogP contribution in [0.1, 0.15) is 105 Å². The lowest BCUT2D eigenvalue weighted by Crippen LogP contribution is -2.22. The Kier molecular flexibility index (Phi) is 17.7. The lowest BCUT2D eigenvalue weighted by atomic mass is 10.1. The number of aliphatic hydroxyl groups is 1. The smallest absolute Gasteiger partial charge is 0.163 e. The molecule has 0 amide bonds. The highest BCUT2D eigenvalue weighted by molar-refractivity contribution is 7.80. The molecule has 1 atom stereocenters. The summed E-state index contributed by atoms with van der Waals surface area (Å²) in [4.78, 5) is 0. The molecule has 0 aromatic carbocycles.